The lowest BCUT2D eigenvalue weighted by atomic mass is 9.86. The maximum Gasteiger partial charge on any atom is 0.310 e. The van der Waals surface area contributed by atoms with Crippen molar-refractivity contribution < 1.29 is 9.53 Å². The molecule has 2 atom stereocenters. The predicted molar refractivity (Wildman–Crippen MR) is 101 cm³/mol. The summed E-state index contributed by atoms with van der Waals surface area (Å²) in [5, 5.41) is 10.2. The van der Waals surface area contributed by atoms with Gasteiger partial charge >= 0.3 is 5.97 Å². The van der Waals surface area contributed by atoms with E-state index in [4.69, 9.17) is 16.3 Å². The van der Waals surface area contributed by atoms with Gasteiger partial charge in [-0.2, -0.15) is 5.26 Å². The number of likely N-dealkylation sites (tertiary alicyclic amines) is 1. The minimum Gasteiger partial charge on any atom is -0.466 e. The molecule has 1 heterocycles. The lowest BCUT2D eigenvalue weighted by Crippen LogP contribution is -2.25. The fraction of sp³-hybridized carbons (Fsp3) is 0.333. The third-order valence-electron chi connectivity index (χ3n) is 4.82. The molecule has 1 saturated heterocycles. The van der Waals surface area contributed by atoms with Gasteiger partial charge in [-0.15, -0.1) is 0 Å². The van der Waals surface area contributed by atoms with Gasteiger partial charge in [-0.3, -0.25) is 9.69 Å². The van der Waals surface area contributed by atoms with Gasteiger partial charge in [0.05, 0.1) is 24.2 Å². The van der Waals surface area contributed by atoms with Gasteiger partial charge in [0.1, 0.15) is 0 Å². The van der Waals surface area contributed by atoms with Crippen molar-refractivity contribution in [3.63, 3.8) is 0 Å². The molecule has 0 spiro atoms. The molecule has 26 heavy (non-hydrogen) atoms. The molecule has 0 amide bonds. The summed E-state index contributed by atoms with van der Waals surface area (Å²) >= 11 is 6.29. The maximum absolute atomic E-state index is 12.5. The van der Waals surface area contributed by atoms with E-state index in [0.717, 1.165) is 16.1 Å². The molecule has 4 nitrogen and oxygen atoms in total. The minimum atomic E-state index is -0.285. The van der Waals surface area contributed by atoms with Crippen molar-refractivity contribution in [2.24, 2.45) is 5.92 Å². The van der Waals surface area contributed by atoms with Crippen LogP contribution in [0, 0.1) is 17.2 Å². The normalized spacial score (nSPS) is 19.9. The van der Waals surface area contributed by atoms with E-state index < -0.39 is 0 Å². The van der Waals surface area contributed by atoms with Gasteiger partial charge in [-0.1, -0.05) is 48.0 Å². The fourth-order valence-corrected chi connectivity index (χ4v) is 3.80. The zero-order chi connectivity index (χ0) is 18.5. The zero-order valence-corrected chi connectivity index (χ0v) is 15.4. The van der Waals surface area contributed by atoms with Crippen molar-refractivity contribution in [1.82, 2.24) is 4.90 Å². The molecule has 0 saturated carbocycles. The first-order chi connectivity index (χ1) is 12.6. The van der Waals surface area contributed by atoms with Crippen molar-refractivity contribution in [2.45, 2.75) is 19.4 Å². The molecule has 0 unspecified atom stereocenters. The highest BCUT2D eigenvalue weighted by Crippen LogP contribution is 2.36. The summed E-state index contributed by atoms with van der Waals surface area (Å²) in [6.45, 7) is 4.11. The second kappa shape index (κ2) is 8.35. The van der Waals surface area contributed by atoms with Gasteiger partial charge in [0.15, 0.2) is 0 Å². The van der Waals surface area contributed by atoms with Crippen LogP contribution in [0.3, 0.4) is 0 Å². The van der Waals surface area contributed by atoms with Crippen LogP contribution >= 0.6 is 11.6 Å². The van der Waals surface area contributed by atoms with Crippen LogP contribution in [0.1, 0.15) is 29.5 Å². The number of esters is 1. The number of hydrogen-bond acceptors (Lipinski definition) is 4. The second-order valence-corrected chi connectivity index (χ2v) is 6.86. The van der Waals surface area contributed by atoms with Crippen molar-refractivity contribution in [3.05, 3.63) is 70.2 Å². The Balaban J connectivity index is 1.87. The summed E-state index contributed by atoms with van der Waals surface area (Å²) in [4.78, 5) is 14.7. The quantitative estimate of drug-likeness (QED) is 0.749. The summed E-state index contributed by atoms with van der Waals surface area (Å²) < 4.78 is 5.30. The average molecular weight is 369 g/mol. The van der Waals surface area contributed by atoms with Gasteiger partial charge in [-0.25, -0.2) is 0 Å². The van der Waals surface area contributed by atoms with E-state index in [2.05, 4.69) is 11.0 Å². The monoisotopic (exact) mass is 368 g/mol. The molecule has 0 N–H and O–H groups in total. The summed E-state index contributed by atoms with van der Waals surface area (Å²) in [5.74, 6) is -0.550. The van der Waals surface area contributed by atoms with Crippen LogP contribution in [0.4, 0.5) is 0 Å². The Morgan fingerprint density at radius 2 is 1.96 bits per heavy atom. The van der Waals surface area contributed by atoms with Gasteiger partial charge in [0, 0.05) is 30.6 Å². The van der Waals surface area contributed by atoms with E-state index in [0.29, 0.717) is 31.8 Å². The molecule has 1 aliphatic heterocycles. The van der Waals surface area contributed by atoms with Crippen LogP contribution < -0.4 is 0 Å². The average Bonchev–Trinajstić information content (AvgIpc) is 3.07. The summed E-state index contributed by atoms with van der Waals surface area (Å²) in [5.41, 5.74) is 2.56. The molecule has 3 rings (SSSR count). The van der Waals surface area contributed by atoms with Crippen molar-refractivity contribution in [2.75, 3.05) is 19.7 Å². The largest absolute Gasteiger partial charge is 0.466 e. The number of nitriles is 1. The number of rotatable bonds is 5. The van der Waals surface area contributed by atoms with Gasteiger partial charge in [-0.05, 0) is 30.2 Å². The van der Waals surface area contributed by atoms with E-state index in [-0.39, 0.29) is 17.8 Å². The van der Waals surface area contributed by atoms with E-state index in [1.54, 1.807) is 6.07 Å². The highest BCUT2D eigenvalue weighted by atomic mass is 35.5. The van der Waals surface area contributed by atoms with Crippen LogP contribution in [0.15, 0.2) is 48.5 Å². The number of hydrogen-bond donors (Lipinski definition) is 0. The van der Waals surface area contributed by atoms with Crippen molar-refractivity contribution in [3.8, 4) is 6.07 Å². The van der Waals surface area contributed by atoms with E-state index in [1.807, 2.05) is 49.4 Å². The molecule has 5 heteroatoms. The number of benzene rings is 2. The second-order valence-electron chi connectivity index (χ2n) is 6.45. The van der Waals surface area contributed by atoms with Gasteiger partial charge in [0.2, 0.25) is 0 Å². The third-order valence-corrected chi connectivity index (χ3v) is 5.19. The van der Waals surface area contributed by atoms with Crippen LogP contribution in [0.2, 0.25) is 5.02 Å². The van der Waals surface area contributed by atoms with Crippen LogP contribution in [-0.4, -0.2) is 30.6 Å². The standard InChI is InChI=1S/C21H21ClN2O2/c1-2-26-21(25)19-14-24(12-16-8-4-6-10-20(16)22)13-18(19)17-9-5-3-7-15(17)11-23/h3-10,18-19H,2,12-14H2,1H3/t18-,19-/m1/s1. The summed E-state index contributed by atoms with van der Waals surface area (Å²) in [7, 11) is 0. The molecule has 2 aromatic rings. The topological polar surface area (TPSA) is 53.3 Å². The van der Waals surface area contributed by atoms with Gasteiger partial charge < -0.3 is 4.74 Å². The molecule has 0 radical (unpaired) electrons. The van der Waals surface area contributed by atoms with Crippen molar-refractivity contribution >= 4 is 17.6 Å². The molecule has 0 aliphatic carbocycles. The van der Waals surface area contributed by atoms with E-state index in [1.165, 1.54) is 0 Å². The Morgan fingerprint density at radius 3 is 2.69 bits per heavy atom. The number of ether oxygens (including phenoxy) is 1. The molecule has 134 valence electrons. The highest BCUT2D eigenvalue weighted by molar-refractivity contribution is 6.31. The first-order valence-electron chi connectivity index (χ1n) is 8.75. The third kappa shape index (κ3) is 3.90. The zero-order valence-electron chi connectivity index (χ0n) is 14.7. The van der Waals surface area contributed by atoms with Crippen LogP contribution in [-0.2, 0) is 16.1 Å². The van der Waals surface area contributed by atoms with Crippen molar-refractivity contribution in [1.29, 1.82) is 5.26 Å². The molecule has 1 fully saturated rings. The highest BCUT2D eigenvalue weighted by Gasteiger charge is 2.40. The number of carbonyl (C=O) groups excluding carboxylic acids is 1. The number of halogens is 1. The number of nitrogens with zero attached hydrogens (tertiary/aromatic N) is 2. The maximum atomic E-state index is 12.5. The Labute approximate surface area is 158 Å². The Hall–Kier alpha value is -2.35. The fourth-order valence-electron chi connectivity index (χ4n) is 3.61. The molecular formula is C21H21ClN2O2. The van der Waals surface area contributed by atoms with Crippen LogP contribution in [0.25, 0.3) is 0 Å². The first-order valence-corrected chi connectivity index (χ1v) is 9.13. The van der Waals surface area contributed by atoms with Gasteiger partial charge in [0.25, 0.3) is 0 Å². The van der Waals surface area contributed by atoms with E-state index >= 15 is 0 Å². The molecular weight excluding hydrogens is 348 g/mol. The van der Waals surface area contributed by atoms with Crippen LogP contribution in [0.5, 0.6) is 0 Å². The summed E-state index contributed by atoms with van der Waals surface area (Å²) in [6.07, 6.45) is 0. The molecule has 1 aliphatic rings. The lowest BCUT2D eigenvalue weighted by Gasteiger charge is -2.18. The predicted octanol–water partition coefficient (Wildman–Crippen LogP) is 3.99. The Kier molecular flexibility index (Phi) is 5.92. The SMILES string of the molecule is CCOC(=O)[C@@H]1CN(Cc2ccccc2Cl)C[C@@H]1c1ccccc1C#N. The molecule has 2 aromatic carbocycles. The lowest BCUT2D eigenvalue weighted by molar-refractivity contribution is -0.148. The number of carbonyl (C=O) groups is 1. The summed E-state index contributed by atoms with van der Waals surface area (Å²) in [6, 6.07) is 17.5. The minimum absolute atomic E-state index is 0.0626. The Bertz CT molecular complexity index is 831. The molecule has 0 bridgehead atoms. The first kappa shape index (κ1) is 18.4. The Morgan fingerprint density at radius 1 is 1.23 bits per heavy atom. The molecule has 0 aromatic heterocycles. The smallest absolute Gasteiger partial charge is 0.310 e. The van der Waals surface area contributed by atoms with E-state index in [9.17, 15) is 10.1 Å².